The van der Waals surface area contributed by atoms with Gasteiger partial charge in [0.15, 0.2) is 0 Å². The lowest BCUT2D eigenvalue weighted by molar-refractivity contribution is -0.384. The molecule has 7 nitrogen and oxygen atoms in total. The van der Waals surface area contributed by atoms with Gasteiger partial charge >= 0.3 is 0 Å². The third-order valence-corrected chi connectivity index (χ3v) is 3.46. The summed E-state index contributed by atoms with van der Waals surface area (Å²) in [6, 6.07) is 12.6. The van der Waals surface area contributed by atoms with E-state index in [9.17, 15) is 19.7 Å². The Morgan fingerprint density at radius 2 is 1.76 bits per heavy atom. The van der Waals surface area contributed by atoms with Gasteiger partial charge in [0.1, 0.15) is 0 Å². The predicted octanol–water partition coefficient (Wildman–Crippen LogP) is 3.98. The van der Waals surface area contributed by atoms with Crippen molar-refractivity contribution >= 4 is 28.9 Å². The van der Waals surface area contributed by atoms with E-state index in [1.54, 1.807) is 24.3 Å². The van der Waals surface area contributed by atoms with Gasteiger partial charge in [-0.1, -0.05) is 31.5 Å². The van der Waals surface area contributed by atoms with Crippen molar-refractivity contribution in [1.29, 1.82) is 0 Å². The van der Waals surface area contributed by atoms with E-state index in [1.165, 1.54) is 18.2 Å². The van der Waals surface area contributed by atoms with Crippen molar-refractivity contribution in [3.63, 3.8) is 0 Å². The molecule has 2 aromatic rings. The lowest BCUT2D eigenvalue weighted by Gasteiger charge is -2.09. The second-order valence-corrected chi connectivity index (χ2v) is 5.50. The average Bonchev–Trinajstić information content (AvgIpc) is 2.60. The fourth-order valence-corrected chi connectivity index (χ4v) is 2.21. The normalized spacial score (nSPS) is 10.1. The number of nitro benzene ring substituents is 1. The van der Waals surface area contributed by atoms with Crippen LogP contribution in [-0.4, -0.2) is 16.7 Å². The highest BCUT2D eigenvalue weighted by Gasteiger charge is 2.16. The number of nitrogens with zero attached hydrogens (tertiary/aromatic N) is 1. The van der Waals surface area contributed by atoms with Crippen molar-refractivity contribution in [2.24, 2.45) is 0 Å². The number of non-ortho nitro benzene ring substituents is 1. The lowest BCUT2D eigenvalue weighted by Crippen LogP contribution is -2.15. The Hall–Kier alpha value is -3.22. The number of anilines is 2. The number of hydrogen-bond donors (Lipinski definition) is 2. The monoisotopic (exact) mass is 341 g/mol. The molecule has 0 fully saturated rings. The number of benzene rings is 2. The molecule has 0 unspecified atom stereocenters. The zero-order valence-electron chi connectivity index (χ0n) is 13.8. The highest BCUT2D eigenvalue weighted by molar-refractivity contribution is 6.06. The van der Waals surface area contributed by atoms with E-state index in [4.69, 9.17) is 0 Å². The topological polar surface area (TPSA) is 101 Å². The summed E-state index contributed by atoms with van der Waals surface area (Å²) in [5.41, 5.74) is 0.649. The Bertz CT molecular complexity index is 775. The highest BCUT2D eigenvalue weighted by Crippen LogP contribution is 2.22. The molecule has 2 rings (SSSR count). The van der Waals surface area contributed by atoms with Crippen LogP contribution in [0, 0.1) is 10.1 Å². The Morgan fingerprint density at radius 3 is 2.40 bits per heavy atom. The fraction of sp³-hybridized carbons (Fsp3) is 0.222. The molecule has 0 bridgehead atoms. The number of rotatable bonds is 7. The number of unbranched alkanes of at least 4 members (excludes halogenated alkanes) is 1. The highest BCUT2D eigenvalue weighted by atomic mass is 16.6. The Labute approximate surface area is 145 Å². The Balaban J connectivity index is 2.23. The Kier molecular flexibility index (Phi) is 6.22. The van der Waals surface area contributed by atoms with E-state index in [0.29, 0.717) is 12.1 Å². The van der Waals surface area contributed by atoms with Crippen LogP contribution >= 0.6 is 0 Å². The van der Waals surface area contributed by atoms with Crippen molar-refractivity contribution in [2.75, 3.05) is 10.6 Å². The molecule has 0 atom stereocenters. The zero-order chi connectivity index (χ0) is 18.2. The molecule has 2 amide bonds. The van der Waals surface area contributed by atoms with Gasteiger partial charge in [-0.05, 0) is 24.6 Å². The largest absolute Gasteiger partial charge is 0.326 e. The molecular weight excluding hydrogens is 322 g/mol. The third-order valence-electron chi connectivity index (χ3n) is 3.46. The molecule has 2 aromatic carbocycles. The van der Waals surface area contributed by atoms with Crippen molar-refractivity contribution < 1.29 is 14.5 Å². The maximum absolute atomic E-state index is 12.4. The van der Waals surface area contributed by atoms with Gasteiger partial charge in [-0.25, -0.2) is 0 Å². The molecule has 0 heterocycles. The van der Waals surface area contributed by atoms with Crippen molar-refractivity contribution in [3.05, 3.63) is 64.2 Å². The predicted molar refractivity (Wildman–Crippen MR) is 95.6 cm³/mol. The van der Waals surface area contributed by atoms with Crippen LogP contribution in [-0.2, 0) is 4.79 Å². The van der Waals surface area contributed by atoms with Gasteiger partial charge in [0.25, 0.3) is 11.6 Å². The van der Waals surface area contributed by atoms with Crippen LogP contribution in [0.15, 0.2) is 48.5 Å². The van der Waals surface area contributed by atoms with Crippen LogP contribution in [0.4, 0.5) is 17.1 Å². The van der Waals surface area contributed by atoms with Gasteiger partial charge < -0.3 is 10.6 Å². The van der Waals surface area contributed by atoms with Gasteiger partial charge in [0.05, 0.1) is 4.92 Å². The first-order valence-corrected chi connectivity index (χ1v) is 7.95. The van der Waals surface area contributed by atoms with Crippen molar-refractivity contribution in [2.45, 2.75) is 26.2 Å². The molecule has 0 aliphatic heterocycles. The van der Waals surface area contributed by atoms with Gasteiger partial charge in [-0.15, -0.1) is 0 Å². The maximum atomic E-state index is 12.4. The summed E-state index contributed by atoms with van der Waals surface area (Å²) in [6.07, 6.45) is 1.92. The first kappa shape index (κ1) is 18.1. The molecule has 0 saturated heterocycles. The Morgan fingerprint density at radius 1 is 1.04 bits per heavy atom. The molecule has 0 radical (unpaired) electrons. The van der Waals surface area contributed by atoms with Crippen LogP contribution in [0.2, 0.25) is 0 Å². The lowest BCUT2D eigenvalue weighted by atomic mass is 10.1. The minimum atomic E-state index is -0.596. The molecular formula is C18H19N3O4. The first-order valence-electron chi connectivity index (χ1n) is 7.95. The van der Waals surface area contributed by atoms with Crippen LogP contribution in [0.5, 0.6) is 0 Å². The van der Waals surface area contributed by atoms with E-state index < -0.39 is 10.8 Å². The summed E-state index contributed by atoms with van der Waals surface area (Å²) in [4.78, 5) is 34.7. The van der Waals surface area contributed by atoms with E-state index in [1.807, 2.05) is 13.0 Å². The number of carbonyl (C=O) groups is 2. The van der Waals surface area contributed by atoms with Gasteiger partial charge in [-0.3, -0.25) is 19.7 Å². The second-order valence-electron chi connectivity index (χ2n) is 5.50. The van der Waals surface area contributed by atoms with Crippen LogP contribution in [0.1, 0.15) is 36.5 Å². The van der Waals surface area contributed by atoms with Crippen molar-refractivity contribution in [3.8, 4) is 0 Å². The molecule has 0 spiro atoms. The molecule has 0 aliphatic carbocycles. The summed E-state index contributed by atoms with van der Waals surface area (Å²) in [5, 5.41) is 16.4. The van der Waals surface area contributed by atoms with Crippen molar-refractivity contribution in [1.82, 2.24) is 0 Å². The summed E-state index contributed by atoms with van der Waals surface area (Å²) < 4.78 is 0. The van der Waals surface area contributed by atoms with E-state index in [2.05, 4.69) is 10.6 Å². The minimum Gasteiger partial charge on any atom is -0.326 e. The number of carbonyl (C=O) groups excluding carboxylic acids is 2. The SMILES string of the molecule is CCCCC(=O)Nc1cc(C(=O)Nc2ccccc2)cc([N+](=O)[O-])c1. The van der Waals surface area contributed by atoms with E-state index >= 15 is 0 Å². The summed E-state index contributed by atoms with van der Waals surface area (Å²) in [7, 11) is 0. The number of para-hydroxylation sites is 1. The molecule has 2 N–H and O–H groups in total. The van der Waals surface area contributed by atoms with Gasteiger partial charge in [0, 0.05) is 35.5 Å². The fourth-order valence-electron chi connectivity index (χ4n) is 2.21. The summed E-state index contributed by atoms with van der Waals surface area (Å²) in [6.45, 7) is 1.96. The number of amides is 2. The molecule has 0 aliphatic rings. The quantitative estimate of drug-likeness (QED) is 0.587. The number of nitro groups is 1. The van der Waals surface area contributed by atoms with Crippen LogP contribution in [0.25, 0.3) is 0 Å². The summed E-state index contributed by atoms with van der Waals surface area (Å²) >= 11 is 0. The smallest absolute Gasteiger partial charge is 0.272 e. The number of nitrogens with one attached hydrogen (secondary N) is 2. The summed E-state index contributed by atoms with van der Waals surface area (Å²) in [5.74, 6) is -0.726. The van der Waals surface area contributed by atoms with E-state index in [0.717, 1.165) is 12.8 Å². The first-order chi connectivity index (χ1) is 12.0. The second kappa shape index (κ2) is 8.58. The third kappa shape index (κ3) is 5.42. The zero-order valence-corrected chi connectivity index (χ0v) is 13.8. The molecule has 130 valence electrons. The van der Waals surface area contributed by atoms with Crippen LogP contribution in [0.3, 0.4) is 0 Å². The molecule has 0 aromatic heterocycles. The molecule has 25 heavy (non-hydrogen) atoms. The van der Waals surface area contributed by atoms with Crippen LogP contribution < -0.4 is 10.6 Å². The average molecular weight is 341 g/mol. The van der Waals surface area contributed by atoms with E-state index in [-0.39, 0.29) is 22.8 Å². The molecule has 7 heteroatoms. The standard InChI is InChI=1S/C18H19N3O4/c1-2-3-9-17(22)19-15-10-13(11-16(12-15)21(24)25)18(23)20-14-7-5-4-6-8-14/h4-8,10-12H,2-3,9H2,1H3,(H,19,22)(H,20,23). The number of hydrogen-bond acceptors (Lipinski definition) is 4. The van der Waals surface area contributed by atoms with Gasteiger partial charge in [0.2, 0.25) is 5.91 Å². The van der Waals surface area contributed by atoms with Gasteiger partial charge in [-0.2, -0.15) is 0 Å². The maximum Gasteiger partial charge on any atom is 0.272 e. The molecule has 0 saturated carbocycles. The minimum absolute atomic E-state index is 0.101.